The number of amides is 2. The number of ether oxygens (including phenoxy) is 1. The second-order valence-electron chi connectivity index (χ2n) is 12.0. The van der Waals surface area contributed by atoms with Crippen LogP contribution >= 0.6 is 15.9 Å². The van der Waals surface area contributed by atoms with E-state index in [0.717, 1.165) is 72.5 Å². The zero-order chi connectivity index (χ0) is 22.9. The van der Waals surface area contributed by atoms with Gasteiger partial charge >= 0.3 is 0 Å². The maximum Gasteiger partial charge on any atom is 0.249 e. The lowest BCUT2D eigenvalue weighted by molar-refractivity contribution is -0.129. The Kier molecular flexibility index (Phi) is 5.47. The Balaban J connectivity index is 0.000000104. The highest BCUT2D eigenvalue weighted by molar-refractivity contribution is 9.10. The van der Waals surface area contributed by atoms with E-state index in [0.29, 0.717) is 6.61 Å². The number of fused-ring (bicyclic) bond motifs is 2. The van der Waals surface area contributed by atoms with Crippen LogP contribution in [-0.4, -0.2) is 54.2 Å². The Morgan fingerprint density at radius 1 is 0.788 bits per heavy atom. The van der Waals surface area contributed by atoms with Crippen molar-refractivity contribution in [3.05, 3.63) is 0 Å². The van der Waals surface area contributed by atoms with Crippen molar-refractivity contribution in [3.8, 4) is 0 Å². The minimum atomic E-state index is -0.149. The molecule has 2 heterocycles. The number of hydrogen-bond acceptors (Lipinski definition) is 4. The van der Waals surface area contributed by atoms with Crippen molar-refractivity contribution in [2.75, 3.05) is 26.3 Å². The summed E-state index contributed by atoms with van der Waals surface area (Å²) < 4.78 is 5.70. The lowest BCUT2D eigenvalue weighted by Crippen LogP contribution is -2.25. The summed E-state index contributed by atoms with van der Waals surface area (Å²) >= 11 is 3.19. The van der Waals surface area contributed by atoms with Crippen molar-refractivity contribution in [2.45, 2.75) is 88.0 Å². The number of carbonyl (C=O) groups is 2. The third-order valence-electron chi connectivity index (χ3n) is 10.8. The molecule has 2 amide bonds. The van der Waals surface area contributed by atoms with Gasteiger partial charge in [-0.05, 0) is 111 Å². The van der Waals surface area contributed by atoms with Crippen LogP contribution in [0, 0.1) is 33.5 Å². The van der Waals surface area contributed by atoms with Gasteiger partial charge in [0.25, 0.3) is 0 Å². The van der Waals surface area contributed by atoms with Gasteiger partial charge in [-0.15, -0.1) is 0 Å². The largest absolute Gasteiger partial charge is 0.396 e. The first kappa shape index (κ1) is 22.8. The monoisotopic (exact) mass is 522 g/mol. The van der Waals surface area contributed by atoms with Gasteiger partial charge in [0.1, 0.15) is 6.10 Å². The Hall–Kier alpha value is -0.660. The fraction of sp³-hybridized carbons (Fsp3) is 0.923. The summed E-state index contributed by atoms with van der Waals surface area (Å²) in [5.41, 5.74) is 3.20. The highest BCUT2D eigenvalue weighted by Gasteiger charge is 2.86. The maximum absolute atomic E-state index is 11.3. The van der Waals surface area contributed by atoms with Crippen LogP contribution in [0.5, 0.6) is 0 Å². The smallest absolute Gasteiger partial charge is 0.249 e. The van der Waals surface area contributed by atoms with Crippen LogP contribution in [0.2, 0.25) is 0 Å². The molecular formula is C26H39BrN2O4. The molecule has 6 aliphatic carbocycles. The highest BCUT2D eigenvalue weighted by atomic mass is 79.9. The molecule has 0 aromatic heterocycles. The van der Waals surface area contributed by atoms with E-state index in [1.807, 2.05) is 0 Å². The Morgan fingerprint density at radius 3 is 1.61 bits per heavy atom. The third-order valence-corrected chi connectivity index (χ3v) is 11.6. The first-order chi connectivity index (χ1) is 15.9. The first-order valence-electron chi connectivity index (χ1n) is 13.4. The van der Waals surface area contributed by atoms with Gasteiger partial charge in [-0.3, -0.25) is 9.59 Å². The van der Waals surface area contributed by atoms with Crippen molar-refractivity contribution in [1.29, 1.82) is 0 Å². The molecule has 0 radical (unpaired) electrons. The van der Waals surface area contributed by atoms with E-state index in [2.05, 4.69) is 26.6 Å². The molecule has 2 saturated heterocycles. The van der Waals surface area contributed by atoms with Gasteiger partial charge in [0.05, 0.1) is 4.83 Å². The summed E-state index contributed by atoms with van der Waals surface area (Å²) in [7, 11) is 0. The number of rotatable bonds is 6. The topological polar surface area (TPSA) is 87.7 Å². The fourth-order valence-corrected chi connectivity index (χ4v) is 8.85. The molecule has 8 rings (SSSR count). The minimum Gasteiger partial charge on any atom is -0.396 e. The highest BCUT2D eigenvalue weighted by Crippen LogP contribution is 2.93. The fourth-order valence-electron chi connectivity index (χ4n) is 8.46. The average Bonchev–Trinajstić information content (AvgIpc) is 3.61. The molecule has 184 valence electrons. The zero-order valence-electron chi connectivity index (χ0n) is 19.7. The molecule has 7 heteroatoms. The summed E-state index contributed by atoms with van der Waals surface area (Å²) in [5.74, 6) is 2.12. The van der Waals surface area contributed by atoms with Gasteiger partial charge in [0, 0.05) is 26.3 Å². The van der Waals surface area contributed by atoms with E-state index in [9.17, 15) is 9.59 Å². The predicted molar refractivity (Wildman–Crippen MR) is 128 cm³/mol. The number of aliphatic hydroxyl groups excluding tert-OH is 1. The number of nitrogens with one attached hydrogen (secondary N) is 2. The summed E-state index contributed by atoms with van der Waals surface area (Å²) in [4.78, 5) is 21.8. The zero-order valence-corrected chi connectivity index (χ0v) is 21.3. The molecule has 6 saturated carbocycles. The lowest BCUT2D eigenvalue weighted by Gasteiger charge is -2.08. The predicted octanol–water partition coefficient (Wildman–Crippen LogP) is 3.30. The number of halogens is 1. The SMILES string of the molecule is O=C1NCCC1Br.O=C1NCCC1OCCC1C2(CC2)C12CC2.OCCC1C2(CC2)C12CC2. The summed E-state index contributed by atoms with van der Waals surface area (Å²) in [5, 5.41) is 14.3. The van der Waals surface area contributed by atoms with E-state index < -0.39 is 0 Å². The van der Waals surface area contributed by atoms with Gasteiger partial charge < -0.3 is 20.5 Å². The van der Waals surface area contributed by atoms with Crippen LogP contribution in [0.1, 0.15) is 77.0 Å². The molecule has 8 fully saturated rings. The van der Waals surface area contributed by atoms with Crippen LogP contribution < -0.4 is 10.6 Å². The molecule has 0 aromatic rings. The number of carbonyl (C=O) groups excluding carboxylic acids is 2. The first-order valence-corrected chi connectivity index (χ1v) is 14.3. The number of aliphatic hydroxyl groups is 1. The van der Waals surface area contributed by atoms with Gasteiger partial charge in [0.15, 0.2) is 0 Å². The van der Waals surface area contributed by atoms with Crippen LogP contribution in [0.4, 0.5) is 0 Å². The van der Waals surface area contributed by atoms with E-state index in [1.165, 1.54) is 57.8 Å². The molecule has 0 bridgehead atoms. The van der Waals surface area contributed by atoms with Gasteiger partial charge in [0.2, 0.25) is 11.8 Å². The molecule has 2 aliphatic heterocycles. The summed E-state index contributed by atoms with van der Waals surface area (Å²) in [6.45, 7) is 2.84. The quantitative estimate of drug-likeness (QED) is 0.467. The van der Waals surface area contributed by atoms with Crippen molar-refractivity contribution >= 4 is 27.7 Å². The Bertz CT molecular complexity index is 779. The minimum absolute atomic E-state index is 0.0764. The average molecular weight is 524 g/mol. The van der Waals surface area contributed by atoms with E-state index in [4.69, 9.17) is 9.84 Å². The maximum atomic E-state index is 11.3. The van der Waals surface area contributed by atoms with Gasteiger partial charge in [-0.1, -0.05) is 15.9 Å². The van der Waals surface area contributed by atoms with Crippen LogP contribution in [0.15, 0.2) is 0 Å². The van der Waals surface area contributed by atoms with E-state index >= 15 is 0 Å². The molecule has 33 heavy (non-hydrogen) atoms. The second kappa shape index (κ2) is 7.92. The van der Waals surface area contributed by atoms with Crippen LogP contribution in [-0.2, 0) is 14.3 Å². The molecule has 0 aromatic carbocycles. The molecular weight excluding hydrogens is 484 g/mol. The molecule has 8 aliphatic rings. The molecule has 3 N–H and O–H groups in total. The molecule has 2 atom stereocenters. The van der Waals surface area contributed by atoms with Crippen molar-refractivity contribution in [1.82, 2.24) is 10.6 Å². The third kappa shape index (κ3) is 3.62. The van der Waals surface area contributed by atoms with E-state index in [1.54, 1.807) is 0 Å². The van der Waals surface area contributed by atoms with Crippen molar-refractivity contribution < 1.29 is 19.4 Å². The van der Waals surface area contributed by atoms with Gasteiger partial charge in [-0.2, -0.15) is 0 Å². The Labute approximate surface area is 205 Å². The lowest BCUT2D eigenvalue weighted by atomic mass is 10.2. The van der Waals surface area contributed by atoms with Gasteiger partial charge in [-0.25, -0.2) is 0 Å². The standard InChI is InChI=1S/C13H19NO2.C9H14O.C4H6BrNO/c15-11-9(1-7-14-11)16-8-2-10-12(3-4-12)13(10)5-6-13;10-6-1-7-8(2-3-8)9(7)4-5-9;5-3-1-2-6-4(3)7/h9-10H,1-8H2,(H,14,15);7,10H,1-6H2;3H,1-2H2,(H,6,7). The second-order valence-corrected chi connectivity index (χ2v) is 13.1. The van der Waals surface area contributed by atoms with Crippen LogP contribution in [0.3, 0.4) is 0 Å². The molecule has 6 nitrogen and oxygen atoms in total. The summed E-state index contributed by atoms with van der Waals surface area (Å²) in [6.07, 6.45) is 15.8. The Morgan fingerprint density at radius 2 is 1.27 bits per heavy atom. The molecule has 2 unspecified atom stereocenters. The number of hydrogen-bond donors (Lipinski definition) is 3. The molecule has 4 spiro atoms. The summed E-state index contributed by atoms with van der Waals surface area (Å²) in [6, 6.07) is 0. The van der Waals surface area contributed by atoms with E-state index in [-0.39, 0.29) is 22.7 Å². The normalized spacial score (nSPS) is 37.1. The van der Waals surface area contributed by atoms with Crippen molar-refractivity contribution in [2.24, 2.45) is 33.5 Å². The van der Waals surface area contributed by atoms with Crippen LogP contribution in [0.25, 0.3) is 0 Å². The van der Waals surface area contributed by atoms with Crippen molar-refractivity contribution in [3.63, 3.8) is 0 Å². The number of alkyl halides is 1.